The normalized spacial score (nSPS) is 41.3. The Morgan fingerprint density at radius 3 is 2.22 bits per heavy atom. The standard InChI is InChI=1S/C6H11F2N/c1-4-5(9)2-3-6(4,7)8/h4-5H,2-3,9H2,1H3. The molecule has 1 rings (SSSR count). The van der Waals surface area contributed by atoms with Gasteiger partial charge in [0, 0.05) is 18.4 Å². The molecule has 3 heteroatoms. The van der Waals surface area contributed by atoms with Gasteiger partial charge in [-0.1, -0.05) is 6.92 Å². The van der Waals surface area contributed by atoms with Crippen LogP contribution in [-0.2, 0) is 0 Å². The fourth-order valence-electron chi connectivity index (χ4n) is 1.15. The van der Waals surface area contributed by atoms with Crippen molar-refractivity contribution >= 4 is 0 Å². The van der Waals surface area contributed by atoms with Crippen LogP contribution in [0.2, 0.25) is 0 Å². The van der Waals surface area contributed by atoms with Crippen LogP contribution >= 0.6 is 0 Å². The van der Waals surface area contributed by atoms with Gasteiger partial charge in [-0.15, -0.1) is 0 Å². The summed E-state index contributed by atoms with van der Waals surface area (Å²) >= 11 is 0. The van der Waals surface area contributed by atoms with E-state index in [-0.39, 0.29) is 12.5 Å². The Balaban J connectivity index is 2.62. The minimum absolute atomic E-state index is 0.0324. The molecule has 1 aliphatic carbocycles. The number of halogens is 2. The topological polar surface area (TPSA) is 26.0 Å². The van der Waals surface area contributed by atoms with Gasteiger partial charge in [-0.2, -0.15) is 0 Å². The van der Waals surface area contributed by atoms with Crippen LogP contribution in [-0.4, -0.2) is 12.0 Å². The second-order valence-corrected chi connectivity index (χ2v) is 2.75. The summed E-state index contributed by atoms with van der Waals surface area (Å²) in [7, 11) is 0. The molecule has 0 heterocycles. The fraction of sp³-hybridized carbons (Fsp3) is 1.00. The summed E-state index contributed by atoms with van der Waals surface area (Å²) in [6.07, 6.45) is 0.434. The molecule has 0 amide bonds. The van der Waals surface area contributed by atoms with Gasteiger partial charge in [0.1, 0.15) is 0 Å². The predicted molar refractivity (Wildman–Crippen MR) is 31.3 cm³/mol. The lowest BCUT2D eigenvalue weighted by atomic mass is 10.1. The zero-order valence-electron chi connectivity index (χ0n) is 5.40. The van der Waals surface area contributed by atoms with Crippen molar-refractivity contribution in [2.45, 2.75) is 31.7 Å². The van der Waals surface area contributed by atoms with Crippen LogP contribution in [0.1, 0.15) is 19.8 Å². The molecule has 54 valence electrons. The lowest BCUT2D eigenvalue weighted by Gasteiger charge is -2.16. The molecule has 0 bridgehead atoms. The molecule has 0 spiro atoms. The summed E-state index contributed by atoms with van der Waals surface area (Å²) in [6, 6.07) is -0.292. The van der Waals surface area contributed by atoms with E-state index in [4.69, 9.17) is 5.73 Å². The van der Waals surface area contributed by atoms with Crippen LogP contribution < -0.4 is 5.73 Å². The van der Waals surface area contributed by atoms with Crippen LogP contribution in [0.25, 0.3) is 0 Å². The Labute approximate surface area is 53.2 Å². The quantitative estimate of drug-likeness (QED) is 0.533. The Morgan fingerprint density at radius 1 is 1.56 bits per heavy atom. The van der Waals surface area contributed by atoms with Gasteiger partial charge in [-0.25, -0.2) is 8.78 Å². The maximum Gasteiger partial charge on any atom is 0.252 e. The zero-order valence-corrected chi connectivity index (χ0v) is 5.40. The zero-order chi connectivity index (χ0) is 7.07. The molecule has 2 atom stereocenters. The van der Waals surface area contributed by atoms with Crippen molar-refractivity contribution in [3.05, 3.63) is 0 Å². The number of nitrogens with two attached hydrogens (primary N) is 1. The molecule has 0 aromatic rings. The monoisotopic (exact) mass is 135 g/mol. The molecule has 0 aromatic carbocycles. The van der Waals surface area contributed by atoms with E-state index < -0.39 is 11.8 Å². The van der Waals surface area contributed by atoms with Crippen LogP contribution in [0.4, 0.5) is 8.78 Å². The molecular weight excluding hydrogens is 124 g/mol. The highest BCUT2D eigenvalue weighted by molar-refractivity contribution is 4.89. The largest absolute Gasteiger partial charge is 0.327 e. The maximum absolute atomic E-state index is 12.5. The van der Waals surface area contributed by atoms with Crippen LogP contribution in [0.5, 0.6) is 0 Å². The third kappa shape index (κ3) is 1.06. The number of rotatable bonds is 0. The summed E-state index contributed by atoms with van der Waals surface area (Å²) in [5, 5.41) is 0. The van der Waals surface area contributed by atoms with Gasteiger partial charge in [-0.05, 0) is 6.42 Å². The summed E-state index contributed by atoms with van der Waals surface area (Å²) in [6.45, 7) is 1.51. The molecule has 0 aliphatic heterocycles. The van der Waals surface area contributed by atoms with Gasteiger partial charge in [0.05, 0.1) is 0 Å². The molecule has 0 saturated heterocycles. The van der Waals surface area contributed by atoms with Gasteiger partial charge in [0.15, 0.2) is 0 Å². The maximum atomic E-state index is 12.5. The van der Waals surface area contributed by atoms with E-state index in [9.17, 15) is 8.78 Å². The second-order valence-electron chi connectivity index (χ2n) is 2.75. The van der Waals surface area contributed by atoms with Crippen molar-refractivity contribution in [3.8, 4) is 0 Å². The SMILES string of the molecule is CC1C(N)CCC1(F)F. The lowest BCUT2D eigenvalue weighted by molar-refractivity contribution is -0.0325. The van der Waals surface area contributed by atoms with Crippen molar-refractivity contribution < 1.29 is 8.78 Å². The molecule has 1 nitrogen and oxygen atoms in total. The first kappa shape index (κ1) is 6.93. The van der Waals surface area contributed by atoms with Gasteiger partial charge >= 0.3 is 0 Å². The van der Waals surface area contributed by atoms with E-state index >= 15 is 0 Å². The van der Waals surface area contributed by atoms with Gasteiger partial charge in [0.25, 0.3) is 5.92 Å². The average Bonchev–Trinajstić information content (AvgIpc) is 1.97. The molecule has 9 heavy (non-hydrogen) atoms. The number of hydrogen-bond donors (Lipinski definition) is 1. The summed E-state index contributed by atoms with van der Waals surface area (Å²) in [5.74, 6) is -3.13. The Bertz CT molecular complexity index is 114. The van der Waals surface area contributed by atoms with E-state index in [1.54, 1.807) is 0 Å². The van der Waals surface area contributed by atoms with Gasteiger partial charge < -0.3 is 5.73 Å². The first-order chi connectivity index (χ1) is 4.04. The van der Waals surface area contributed by atoms with Crippen LogP contribution in [0, 0.1) is 5.92 Å². The molecule has 0 aromatic heterocycles. The molecule has 0 radical (unpaired) electrons. The van der Waals surface area contributed by atoms with E-state index in [2.05, 4.69) is 0 Å². The lowest BCUT2D eigenvalue weighted by Crippen LogP contribution is -2.30. The van der Waals surface area contributed by atoms with Gasteiger partial charge in [0.2, 0.25) is 0 Å². The van der Waals surface area contributed by atoms with E-state index in [1.165, 1.54) is 6.92 Å². The van der Waals surface area contributed by atoms with E-state index in [1.807, 2.05) is 0 Å². The van der Waals surface area contributed by atoms with Crippen molar-refractivity contribution in [3.63, 3.8) is 0 Å². The number of hydrogen-bond acceptors (Lipinski definition) is 1. The highest BCUT2D eigenvalue weighted by Gasteiger charge is 2.45. The van der Waals surface area contributed by atoms with Crippen molar-refractivity contribution in [1.29, 1.82) is 0 Å². The minimum Gasteiger partial charge on any atom is -0.327 e. The van der Waals surface area contributed by atoms with Crippen LogP contribution in [0.15, 0.2) is 0 Å². The third-order valence-electron chi connectivity index (χ3n) is 2.12. The summed E-state index contributed by atoms with van der Waals surface area (Å²) in [5.41, 5.74) is 5.37. The van der Waals surface area contributed by atoms with E-state index in [0.29, 0.717) is 6.42 Å². The fourth-order valence-corrected chi connectivity index (χ4v) is 1.15. The molecule has 2 N–H and O–H groups in total. The third-order valence-corrected chi connectivity index (χ3v) is 2.12. The molecule has 1 aliphatic rings. The summed E-state index contributed by atoms with van der Waals surface area (Å²) in [4.78, 5) is 0. The second kappa shape index (κ2) is 1.90. The highest BCUT2D eigenvalue weighted by atomic mass is 19.3. The Kier molecular flexibility index (Phi) is 1.47. The van der Waals surface area contributed by atoms with Crippen LogP contribution in [0.3, 0.4) is 0 Å². The molecule has 1 fully saturated rings. The highest BCUT2D eigenvalue weighted by Crippen LogP contribution is 2.38. The first-order valence-electron chi connectivity index (χ1n) is 3.17. The molecule has 1 saturated carbocycles. The van der Waals surface area contributed by atoms with Crippen molar-refractivity contribution in [1.82, 2.24) is 0 Å². The van der Waals surface area contributed by atoms with Crippen molar-refractivity contribution in [2.75, 3.05) is 0 Å². The minimum atomic E-state index is -2.50. The predicted octanol–water partition coefficient (Wildman–Crippen LogP) is 1.38. The Morgan fingerprint density at radius 2 is 2.11 bits per heavy atom. The molecular formula is C6H11F2N. The van der Waals surface area contributed by atoms with E-state index in [0.717, 1.165) is 0 Å². The smallest absolute Gasteiger partial charge is 0.252 e. The molecule has 2 unspecified atom stereocenters. The Hall–Kier alpha value is -0.180. The van der Waals surface area contributed by atoms with Crippen molar-refractivity contribution in [2.24, 2.45) is 11.7 Å². The summed E-state index contributed by atoms with van der Waals surface area (Å²) < 4.78 is 25.0. The number of alkyl halides is 2. The van der Waals surface area contributed by atoms with Gasteiger partial charge in [-0.3, -0.25) is 0 Å². The average molecular weight is 135 g/mol. The first-order valence-corrected chi connectivity index (χ1v) is 3.17.